The van der Waals surface area contributed by atoms with Crippen LogP contribution in [0.15, 0.2) is 85.3 Å². The van der Waals surface area contributed by atoms with Crippen molar-refractivity contribution in [3.8, 4) is 11.5 Å². The van der Waals surface area contributed by atoms with Crippen molar-refractivity contribution in [3.05, 3.63) is 95.8 Å². The fraction of sp³-hybridized carbons (Fsp3) is 0.172. The van der Waals surface area contributed by atoms with Crippen LogP contribution in [-0.2, 0) is 0 Å². The van der Waals surface area contributed by atoms with E-state index < -0.39 is 0 Å². The van der Waals surface area contributed by atoms with Gasteiger partial charge < -0.3 is 19.9 Å². The molecule has 1 amide bonds. The van der Waals surface area contributed by atoms with E-state index in [9.17, 15) is 4.79 Å². The number of amides is 1. The lowest BCUT2D eigenvalue weighted by molar-refractivity contribution is 0.103. The van der Waals surface area contributed by atoms with Crippen molar-refractivity contribution in [3.63, 3.8) is 0 Å². The van der Waals surface area contributed by atoms with E-state index in [1.54, 1.807) is 6.33 Å². The minimum absolute atomic E-state index is 0.159. The van der Waals surface area contributed by atoms with E-state index >= 15 is 0 Å². The number of aromatic nitrogens is 3. The van der Waals surface area contributed by atoms with E-state index in [0.717, 1.165) is 59.3 Å². The quantitative estimate of drug-likeness (QED) is 0.303. The summed E-state index contributed by atoms with van der Waals surface area (Å²) in [6.45, 7) is 5.31. The van der Waals surface area contributed by atoms with Crippen LogP contribution >= 0.6 is 11.3 Å². The Labute approximate surface area is 224 Å². The zero-order chi connectivity index (χ0) is 25.9. The number of piperazine rings is 1. The number of pyridine rings is 1. The van der Waals surface area contributed by atoms with Gasteiger partial charge in [0.2, 0.25) is 0 Å². The van der Waals surface area contributed by atoms with E-state index in [-0.39, 0.29) is 5.91 Å². The minimum atomic E-state index is -0.159. The second kappa shape index (κ2) is 10.5. The molecule has 1 N–H and O–H groups in total. The largest absolute Gasteiger partial charge is 0.457 e. The smallest absolute Gasteiger partial charge is 0.266 e. The van der Waals surface area contributed by atoms with Crippen molar-refractivity contribution in [1.82, 2.24) is 15.0 Å². The number of para-hydroxylation sites is 1. The van der Waals surface area contributed by atoms with E-state index in [4.69, 9.17) is 4.74 Å². The summed E-state index contributed by atoms with van der Waals surface area (Å²) < 4.78 is 5.85. The highest BCUT2D eigenvalue weighted by molar-refractivity contribution is 7.20. The van der Waals surface area contributed by atoms with Gasteiger partial charge in [0.05, 0.1) is 10.3 Å². The standard InChI is InChI=1S/C29H26N6O2S/c1-20-25-27(35-17-15-34(16-18-35)24-9-5-6-14-30-24)31-19-32-29(25)38-26(20)28(36)33-21-10-12-23(13-11-21)37-22-7-3-2-4-8-22/h2-14,19H,15-18H2,1H3,(H,33,36). The number of nitrogens with zero attached hydrogens (tertiary/aromatic N) is 5. The average molecular weight is 523 g/mol. The first-order valence-corrected chi connectivity index (χ1v) is 13.3. The molecule has 1 aliphatic heterocycles. The number of carbonyl (C=O) groups is 1. The summed E-state index contributed by atoms with van der Waals surface area (Å²) >= 11 is 1.40. The van der Waals surface area contributed by atoms with Gasteiger partial charge in [0, 0.05) is 38.1 Å². The Morgan fingerprint density at radius 2 is 1.55 bits per heavy atom. The Hall–Kier alpha value is -4.50. The number of thiophene rings is 1. The molecule has 6 rings (SSSR count). The van der Waals surface area contributed by atoms with Gasteiger partial charge in [0.1, 0.15) is 34.3 Å². The SMILES string of the molecule is Cc1c(C(=O)Nc2ccc(Oc3ccccc3)cc2)sc2ncnc(N3CCN(c4ccccn4)CC3)c12. The second-order valence-corrected chi connectivity index (χ2v) is 9.99. The highest BCUT2D eigenvalue weighted by atomic mass is 32.1. The molecular formula is C29H26N6O2S. The molecule has 0 radical (unpaired) electrons. The summed E-state index contributed by atoms with van der Waals surface area (Å²) in [6.07, 6.45) is 3.41. The van der Waals surface area contributed by atoms with Crippen molar-refractivity contribution in [1.29, 1.82) is 0 Å². The number of ether oxygens (including phenoxy) is 1. The van der Waals surface area contributed by atoms with Crippen LogP contribution in [-0.4, -0.2) is 47.0 Å². The summed E-state index contributed by atoms with van der Waals surface area (Å²) in [5.74, 6) is 3.18. The van der Waals surface area contributed by atoms with Gasteiger partial charge in [0.15, 0.2) is 0 Å². The fourth-order valence-electron chi connectivity index (χ4n) is 4.62. The van der Waals surface area contributed by atoms with Gasteiger partial charge in [-0.05, 0) is 61.0 Å². The van der Waals surface area contributed by atoms with Gasteiger partial charge in [-0.1, -0.05) is 24.3 Å². The molecule has 2 aromatic carbocycles. The molecule has 4 heterocycles. The molecule has 0 saturated carbocycles. The van der Waals surface area contributed by atoms with Crippen molar-refractivity contribution in [2.75, 3.05) is 41.3 Å². The van der Waals surface area contributed by atoms with Gasteiger partial charge >= 0.3 is 0 Å². The molecule has 1 aliphatic rings. The molecule has 0 aliphatic carbocycles. The molecule has 0 bridgehead atoms. The number of anilines is 3. The van der Waals surface area contributed by atoms with E-state index in [1.165, 1.54) is 11.3 Å². The Kier molecular flexibility index (Phi) is 6.58. The van der Waals surface area contributed by atoms with Gasteiger partial charge in [-0.2, -0.15) is 0 Å². The van der Waals surface area contributed by atoms with Gasteiger partial charge in [-0.3, -0.25) is 4.79 Å². The lowest BCUT2D eigenvalue weighted by atomic mass is 10.1. The molecular weight excluding hydrogens is 496 g/mol. The zero-order valence-corrected chi connectivity index (χ0v) is 21.7. The zero-order valence-electron chi connectivity index (χ0n) is 20.9. The van der Waals surface area contributed by atoms with Gasteiger partial charge in [-0.25, -0.2) is 15.0 Å². The number of hydrogen-bond acceptors (Lipinski definition) is 8. The number of nitrogens with one attached hydrogen (secondary N) is 1. The van der Waals surface area contributed by atoms with Crippen molar-refractivity contribution in [2.45, 2.75) is 6.92 Å². The van der Waals surface area contributed by atoms with Crippen molar-refractivity contribution >= 4 is 44.8 Å². The number of carbonyl (C=O) groups excluding carboxylic acids is 1. The Bertz CT molecular complexity index is 1550. The van der Waals surface area contributed by atoms with Crippen LogP contribution < -0.4 is 19.9 Å². The van der Waals surface area contributed by atoms with Crippen LogP contribution in [0.4, 0.5) is 17.3 Å². The maximum Gasteiger partial charge on any atom is 0.266 e. The Balaban J connectivity index is 1.17. The van der Waals surface area contributed by atoms with E-state index in [0.29, 0.717) is 16.3 Å². The molecule has 0 unspecified atom stereocenters. The lowest BCUT2D eigenvalue weighted by Gasteiger charge is -2.36. The number of benzene rings is 2. The third kappa shape index (κ3) is 4.88. The molecule has 3 aromatic heterocycles. The third-order valence-electron chi connectivity index (χ3n) is 6.56. The summed E-state index contributed by atoms with van der Waals surface area (Å²) in [5.41, 5.74) is 1.60. The van der Waals surface area contributed by atoms with Crippen LogP contribution in [0.2, 0.25) is 0 Å². The topological polar surface area (TPSA) is 83.5 Å². The molecule has 190 valence electrons. The molecule has 1 fully saturated rings. The predicted molar refractivity (Wildman–Crippen MR) is 152 cm³/mol. The maximum atomic E-state index is 13.3. The highest BCUT2D eigenvalue weighted by Crippen LogP contribution is 2.36. The summed E-state index contributed by atoms with van der Waals surface area (Å²) in [7, 11) is 0. The van der Waals surface area contributed by atoms with Crippen LogP contribution in [0, 0.1) is 6.92 Å². The maximum absolute atomic E-state index is 13.3. The number of aryl methyl sites for hydroxylation is 1. The van der Waals surface area contributed by atoms with Gasteiger partial charge in [-0.15, -0.1) is 11.3 Å². The number of fused-ring (bicyclic) bond motifs is 1. The summed E-state index contributed by atoms with van der Waals surface area (Å²) in [4.78, 5) is 32.9. The monoisotopic (exact) mass is 522 g/mol. The van der Waals surface area contributed by atoms with Crippen LogP contribution in [0.25, 0.3) is 10.2 Å². The summed E-state index contributed by atoms with van der Waals surface area (Å²) in [6, 6.07) is 22.9. The molecule has 1 saturated heterocycles. The predicted octanol–water partition coefficient (Wildman–Crippen LogP) is 5.77. The lowest BCUT2D eigenvalue weighted by Crippen LogP contribution is -2.47. The van der Waals surface area contributed by atoms with E-state index in [2.05, 4.69) is 30.1 Å². The van der Waals surface area contributed by atoms with Crippen molar-refractivity contribution in [2.24, 2.45) is 0 Å². The molecule has 9 heteroatoms. The van der Waals surface area contributed by atoms with Gasteiger partial charge in [0.25, 0.3) is 5.91 Å². The number of rotatable bonds is 6. The molecule has 38 heavy (non-hydrogen) atoms. The normalized spacial score (nSPS) is 13.5. The number of hydrogen-bond donors (Lipinski definition) is 1. The first-order valence-electron chi connectivity index (χ1n) is 12.4. The van der Waals surface area contributed by atoms with Crippen LogP contribution in [0.3, 0.4) is 0 Å². The van der Waals surface area contributed by atoms with Crippen LogP contribution in [0.1, 0.15) is 15.2 Å². The first-order chi connectivity index (χ1) is 18.7. The molecule has 8 nitrogen and oxygen atoms in total. The Morgan fingerprint density at radius 1 is 0.842 bits per heavy atom. The first kappa shape index (κ1) is 23.9. The minimum Gasteiger partial charge on any atom is -0.457 e. The molecule has 0 spiro atoms. The molecule has 0 atom stereocenters. The highest BCUT2D eigenvalue weighted by Gasteiger charge is 2.25. The molecule has 5 aromatic rings. The van der Waals surface area contributed by atoms with E-state index in [1.807, 2.05) is 85.9 Å². The third-order valence-corrected chi connectivity index (χ3v) is 7.76. The fourth-order valence-corrected chi connectivity index (χ4v) is 5.65. The second-order valence-electron chi connectivity index (χ2n) is 8.99. The summed E-state index contributed by atoms with van der Waals surface area (Å²) in [5, 5.41) is 3.96. The Morgan fingerprint density at radius 3 is 2.29 bits per heavy atom. The van der Waals surface area contributed by atoms with Crippen molar-refractivity contribution < 1.29 is 9.53 Å². The van der Waals surface area contributed by atoms with Crippen LogP contribution in [0.5, 0.6) is 11.5 Å². The average Bonchev–Trinajstić information content (AvgIpc) is 3.32.